The number of nitriles is 2. The summed E-state index contributed by atoms with van der Waals surface area (Å²) >= 11 is 0. The Hall–Kier alpha value is -2.76. The predicted octanol–water partition coefficient (Wildman–Crippen LogP) is 1.86. The maximum absolute atomic E-state index is 8.60. The Bertz CT molecular complexity index is 462. The van der Waals surface area contributed by atoms with E-state index in [2.05, 4.69) is 14.7 Å². The summed E-state index contributed by atoms with van der Waals surface area (Å²) in [6.07, 6.45) is 0. The van der Waals surface area contributed by atoms with Crippen molar-refractivity contribution in [2.75, 3.05) is 0 Å². The second-order valence-electron chi connectivity index (χ2n) is 2.02. The van der Waals surface area contributed by atoms with E-state index in [-0.39, 0.29) is 22.8 Å². The lowest BCUT2D eigenvalue weighted by atomic mass is 10.2. The van der Waals surface area contributed by atoms with E-state index in [0.29, 0.717) is 0 Å². The van der Waals surface area contributed by atoms with Crippen LogP contribution in [0.15, 0.2) is 0 Å². The molecule has 0 aliphatic heterocycles. The molecule has 5 heteroatoms. The Labute approximate surface area is 74.1 Å². The lowest BCUT2D eigenvalue weighted by Crippen LogP contribution is -1.75. The largest absolute Gasteiger partial charge is 0.375 e. The minimum Gasteiger partial charge on any atom is -0.375 e. The first-order valence-electron chi connectivity index (χ1n) is 3.09. The number of rotatable bonds is 0. The fourth-order valence-electron chi connectivity index (χ4n) is 0.859. The van der Waals surface area contributed by atoms with Crippen LogP contribution >= 0.6 is 0 Å². The second-order valence-corrected chi connectivity index (χ2v) is 2.02. The van der Waals surface area contributed by atoms with E-state index >= 15 is 0 Å². The molecule has 0 amide bonds. The maximum atomic E-state index is 8.60. The molecule has 1 aromatic rings. The van der Waals surface area contributed by atoms with Gasteiger partial charge in [-0.2, -0.15) is 10.5 Å². The van der Waals surface area contributed by atoms with Gasteiger partial charge in [0, 0.05) is 0 Å². The Morgan fingerprint density at radius 1 is 1.15 bits per heavy atom. The molecule has 5 nitrogen and oxygen atoms in total. The highest BCUT2D eigenvalue weighted by Crippen LogP contribution is 2.33. The SMILES string of the molecule is [C-]#[N+]c1[nH]c(C#N)c(C#N)c1[N+]#[C-]. The molecule has 1 aromatic heterocycles. The van der Waals surface area contributed by atoms with Crippen LogP contribution in [-0.4, -0.2) is 4.98 Å². The molecule has 0 atom stereocenters. The van der Waals surface area contributed by atoms with Gasteiger partial charge in [0.1, 0.15) is 11.6 Å². The fraction of sp³-hybridized carbons (Fsp3) is 0. The molecule has 0 aliphatic rings. The number of aromatic amines is 1. The Morgan fingerprint density at radius 2 is 1.85 bits per heavy atom. The van der Waals surface area contributed by atoms with Gasteiger partial charge in [-0.3, -0.25) is 0 Å². The van der Waals surface area contributed by atoms with Crippen LogP contribution in [0, 0.1) is 35.8 Å². The van der Waals surface area contributed by atoms with Gasteiger partial charge in [0.25, 0.3) is 0 Å². The van der Waals surface area contributed by atoms with Crippen molar-refractivity contribution in [3.8, 4) is 12.1 Å². The minimum atomic E-state index is -0.0750. The van der Waals surface area contributed by atoms with Crippen LogP contribution < -0.4 is 0 Å². The molecule has 0 fully saturated rings. The molecule has 0 saturated heterocycles. The van der Waals surface area contributed by atoms with Crippen molar-refractivity contribution in [3.05, 3.63) is 34.1 Å². The average Bonchev–Trinajstić information content (AvgIpc) is 2.54. The monoisotopic (exact) mass is 167 g/mol. The van der Waals surface area contributed by atoms with Gasteiger partial charge in [-0.1, -0.05) is 6.57 Å². The van der Waals surface area contributed by atoms with E-state index < -0.39 is 0 Å². The summed E-state index contributed by atoms with van der Waals surface area (Å²) in [6, 6.07) is 3.42. The van der Waals surface area contributed by atoms with Crippen molar-refractivity contribution < 1.29 is 0 Å². The van der Waals surface area contributed by atoms with E-state index in [4.69, 9.17) is 23.7 Å². The molecule has 58 valence electrons. The Kier molecular flexibility index (Phi) is 1.98. The van der Waals surface area contributed by atoms with Crippen molar-refractivity contribution in [1.82, 2.24) is 4.98 Å². The van der Waals surface area contributed by atoms with E-state index in [1.807, 2.05) is 0 Å². The lowest BCUT2D eigenvalue weighted by Gasteiger charge is -1.82. The predicted molar refractivity (Wildman–Crippen MR) is 42.7 cm³/mol. The van der Waals surface area contributed by atoms with Crippen molar-refractivity contribution >= 4 is 11.5 Å². The Morgan fingerprint density at radius 3 is 2.23 bits per heavy atom. The summed E-state index contributed by atoms with van der Waals surface area (Å²) in [5.41, 5.74) is -0.156. The molecule has 0 aliphatic carbocycles. The first-order valence-corrected chi connectivity index (χ1v) is 3.09. The topological polar surface area (TPSA) is 72.1 Å². The molecule has 0 spiro atoms. The van der Waals surface area contributed by atoms with Crippen LogP contribution in [0.5, 0.6) is 0 Å². The molecule has 0 bridgehead atoms. The van der Waals surface area contributed by atoms with Crippen molar-refractivity contribution in [1.29, 1.82) is 10.5 Å². The zero-order valence-corrected chi connectivity index (χ0v) is 6.29. The molecule has 0 radical (unpaired) electrons. The maximum Gasteiger partial charge on any atom is 0.235 e. The zero-order chi connectivity index (χ0) is 9.84. The number of nitrogens with zero attached hydrogens (tertiary/aromatic N) is 4. The highest BCUT2D eigenvalue weighted by atomic mass is 14.9. The van der Waals surface area contributed by atoms with Crippen molar-refractivity contribution in [2.24, 2.45) is 0 Å². The summed E-state index contributed by atoms with van der Waals surface area (Å²) in [5, 5.41) is 17.1. The first kappa shape index (κ1) is 8.34. The van der Waals surface area contributed by atoms with Crippen LogP contribution in [0.1, 0.15) is 11.3 Å². The van der Waals surface area contributed by atoms with Crippen LogP contribution in [-0.2, 0) is 0 Å². The van der Waals surface area contributed by atoms with Crippen molar-refractivity contribution in [3.63, 3.8) is 0 Å². The summed E-state index contributed by atoms with van der Waals surface area (Å²) < 4.78 is 0. The zero-order valence-electron chi connectivity index (χ0n) is 6.29. The van der Waals surface area contributed by atoms with Gasteiger partial charge < -0.3 is 9.83 Å². The molecule has 0 unspecified atom stereocenters. The molecule has 0 aromatic carbocycles. The number of hydrogen-bond acceptors (Lipinski definition) is 2. The van der Waals surface area contributed by atoms with E-state index in [1.165, 1.54) is 0 Å². The summed E-state index contributed by atoms with van der Waals surface area (Å²) in [5.74, 6) is -0.0527. The highest BCUT2D eigenvalue weighted by Gasteiger charge is 2.18. The summed E-state index contributed by atoms with van der Waals surface area (Å²) in [7, 11) is 0. The third-order valence-corrected chi connectivity index (χ3v) is 1.40. The number of H-pyrrole nitrogens is 1. The fourth-order valence-corrected chi connectivity index (χ4v) is 0.859. The molecule has 0 saturated carbocycles. The highest BCUT2D eigenvalue weighted by molar-refractivity contribution is 5.78. The smallest absolute Gasteiger partial charge is 0.235 e. The van der Waals surface area contributed by atoms with Gasteiger partial charge in [0.05, 0.1) is 12.6 Å². The van der Waals surface area contributed by atoms with Crippen LogP contribution in [0.3, 0.4) is 0 Å². The lowest BCUT2D eigenvalue weighted by molar-refractivity contribution is 1.33. The third kappa shape index (κ3) is 1.07. The van der Waals surface area contributed by atoms with E-state index in [9.17, 15) is 0 Å². The molecule has 13 heavy (non-hydrogen) atoms. The van der Waals surface area contributed by atoms with Crippen LogP contribution in [0.4, 0.5) is 11.5 Å². The molecule has 1 heterocycles. The average molecular weight is 167 g/mol. The molecule has 1 rings (SSSR count). The molecular formula is C8HN5. The summed E-state index contributed by atoms with van der Waals surface area (Å²) in [6.45, 7) is 13.4. The van der Waals surface area contributed by atoms with Gasteiger partial charge in [0.2, 0.25) is 11.5 Å². The molecular weight excluding hydrogens is 166 g/mol. The van der Waals surface area contributed by atoms with Crippen LogP contribution in [0.2, 0.25) is 0 Å². The number of aromatic nitrogens is 1. The number of nitrogens with one attached hydrogen (secondary N) is 1. The van der Waals surface area contributed by atoms with Gasteiger partial charge in [-0.15, -0.1) is 0 Å². The van der Waals surface area contributed by atoms with Gasteiger partial charge in [-0.05, 0) is 0 Å². The standard InChI is InChI=1S/C8HN5/c1-11-7-5(3-9)6(4-10)13-8(7)12-2/h13H. The quantitative estimate of drug-likeness (QED) is 0.599. The Balaban J connectivity index is 3.63. The van der Waals surface area contributed by atoms with Crippen molar-refractivity contribution in [2.45, 2.75) is 0 Å². The minimum absolute atomic E-state index is 0.0282. The number of hydrogen-bond donors (Lipinski definition) is 1. The van der Waals surface area contributed by atoms with E-state index in [0.717, 1.165) is 0 Å². The van der Waals surface area contributed by atoms with Gasteiger partial charge >= 0.3 is 0 Å². The van der Waals surface area contributed by atoms with Crippen LogP contribution in [0.25, 0.3) is 9.69 Å². The first-order chi connectivity index (χ1) is 6.28. The second kappa shape index (κ2) is 3.09. The van der Waals surface area contributed by atoms with E-state index in [1.54, 1.807) is 12.1 Å². The third-order valence-electron chi connectivity index (χ3n) is 1.40. The van der Waals surface area contributed by atoms with Gasteiger partial charge in [0.15, 0.2) is 5.69 Å². The molecule has 1 N–H and O–H groups in total. The van der Waals surface area contributed by atoms with Gasteiger partial charge in [-0.25, -0.2) is 4.85 Å². The summed E-state index contributed by atoms with van der Waals surface area (Å²) in [4.78, 5) is 8.41. The normalized spacial score (nSPS) is 7.69.